The van der Waals surface area contributed by atoms with Gasteiger partial charge in [0, 0.05) is 0 Å². The second-order valence-corrected chi connectivity index (χ2v) is 12.1. The van der Waals surface area contributed by atoms with Gasteiger partial charge >= 0.3 is 0 Å². The summed E-state index contributed by atoms with van der Waals surface area (Å²) in [5.41, 5.74) is 9.99. The van der Waals surface area contributed by atoms with Crippen molar-refractivity contribution < 1.29 is 0 Å². The van der Waals surface area contributed by atoms with Crippen LogP contribution in [0.25, 0.3) is 87.6 Å². The van der Waals surface area contributed by atoms with Gasteiger partial charge in [0.05, 0.1) is 0 Å². The Hall–Kier alpha value is -5.98. The molecule has 0 saturated heterocycles. The lowest BCUT2D eigenvalue weighted by Crippen LogP contribution is -1.93. The maximum atomic E-state index is 2.39. The second-order valence-electron chi connectivity index (χ2n) is 12.1. The molecule has 0 radical (unpaired) electrons. The molecule has 0 aliphatic heterocycles. The summed E-state index contributed by atoms with van der Waals surface area (Å²) in [4.78, 5) is 0. The third-order valence-electron chi connectivity index (χ3n) is 9.43. The third kappa shape index (κ3) is 4.38. The number of fused-ring (bicyclic) bond motifs is 4. The Bertz CT molecular complexity index is 2500. The van der Waals surface area contributed by atoms with Gasteiger partial charge in [0.25, 0.3) is 0 Å². The van der Waals surface area contributed by atoms with E-state index in [1.54, 1.807) is 0 Å². The van der Waals surface area contributed by atoms with Crippen LogP contribution in [0, 0.1) is 0 Å². The van der Waals surface area contributed by atoms with E-state index in [1.165, 1.54) is 87.6 Å². The molecule has 9 rings (SSSR count). The number of benzene rings is 9. The lowest BCUT2D eigenvalue weighted by atomic mass is 9.83. The fourth-order valence-electron chi connectivity index (χ4n) is 7.23. The topological polar surface area (TPSA) is 0 Å². The quantitative estimate of drug-likeness (QED) is 0.181. The Morgan fingerprint density at radius 1 is 0.217 bits per heavy atom. The van der Waals surface area contributed by atoms with E-state index in [9.17, 15) is 0 Å². The van der Waals surface area contributed by atoms with Gasteiger partial charge in [0.1, 0.15) is 0 Å². The molecule has 9 aromatic rings. The zero-order valence-electron chi connectivity index (χ0n) is 25.3. The monoisotopic (exact) mass is 582 g/mol. The van der Waals surface area contributed by atoms with Gasteiger partial charge in [-0.15, -0.1) is 0 Å². The van der Waals surface area contributed by atoms with E-state index in [1.807, 2.05) is 0 Å². The first kappa shape index (κ1) is 26.4. The first-order valence-corrected chi connectivity index (χ1v) is 15.9. The van der Waals surface area contributed by atoms with Crippen molar-refractivity contribution in [2.24, 2.45) is 0 Å². The first-order valence-electron chi connectivity index (χ1n) is 15.9. The van der Waals surface area contributed by atoms with E-state index < -0.39 is 0 Å². The molecule has 0 fully saturated rings. The lowest BCUT2D eigenvalue weighted by molar-refractivity contribution is 1.62. The van der Waals surface area contributed by atoms with Gasteiger partial charge in [0.2, 0.25) is 0 Å². The average molecular weight is 583 g/mol. The Morgan fingerprint density at radius 2 is 0.652 bits per heavy atom. The van der Waals surface area contributed by atoms with Gasteiger partial charge in [-0.1, -0.05) is 164 Å². The average Bonchev–Trinajstić information content (AvgIpc) is 3.13. The van der Waals surface area contributed by atoms with Crippen LogP contribution in [-0.2, 0) is 0 Å². The minimum atomic E-state index is 1.23. The molecule has 9 aromatic carbocycles. The van der Waals surface area contributed by atoms with Crippen LogP contribution >= 0.6 is 0 Å². The zero-order valence-corrected chi connectivity index (χ0v) is 25.3. The van der Waals surface area contributed by atoms with Crippen molar-refractivity contribution in [1.29, 1.82) is 0 Å². The minimum Gasteiger partial charge on any atom is -0.0622 e. The van der Waals surface area contributed by atoms with Gasteiger partial charge in [-0.05, 0) is 106 Å². The summed E-state index contributed by atoms with van der Waals surface area (Å²) in [6.07, 6.45) is 0. The van der Waals surface area contributed by atoms with Crippen molar-refractivity contribution in [3.05, 3.63) is 182 Å². The van der Waals surface area contributed by atoms with Crippen molar-refractivity contribution in [3.63, 3.8) is 0 Å². The van der Waals surface area contributed by atoms with Crippen LogP contribution in [0.3, 0.4) is 0 Å². The summed E-state index contributed by atoms with van der Waals surface area (Å²) in [5.74, 6) is 0. The van der Waals surface area contributed by atoms with E-state index in [0.29, 0.717) is 0 Å². The van der Waals surface area contributed by atoms with Crippen molar-refractivity contribution >= 4 is 43.1 Å². The molecule has 0 saturated carbocycles. The van der Waals surface area contributed by atoms with E-state index in [2.05, 4.69) is 182 Å². The Kier molecular flexibility index (Phi) is 6.25. The Balaban J connectivity index is 1.29. The summed E-state index contributed by atoms with van der Waals surface area (Å²) < 4.78 is 0. The fourth-order valence-corrected chi connectivity index (χ4v) is 7.23. The van der Waals surface area contributed by atoms with Gasteiger partial charge in [-0.2, -0.15) is 0 Å². The van der Waals surface area contributed by atoms with Gasteiger partial charge in [-0.25, -0.2) is 0 Å². The maximum absolute atomic E-state index is 2.39. The summed E-state index contributed by atoms with van der Waals surface area (Å²) in [6, 6.07) is 66.6. The van der Waals surface area contributed by atoms with Crippen LogP contribution in [0.2, 0.25) is 0 Å². The molecular formula is C46H30. The number of rotatable bonds is 4. The summed E-state index contributed by atoms with van der Waals surface area (Å²) in [5, 5.41) is 10.1. The van der Waals surface area contributed by atoms with E-state index in [-0.39, 0.29) is 0 Å². The van der Waals surface area contributed by atoms with Crippen LogP contribution in [0.4, 0.5) is 0 Å². The van der Waals surface area contributed by atoms with Crippen LogP contribution in [0.1, 0.15) is 0 Å². The molecule has 0 unspecified atom stereocenters. The second kappa shape index (κ2) is 10.9. The third-order valence-corrected chi connectivity index (χ3v) is 9.43. The number of hydrogen-bond acceptors (Lipinski definition) is 0. The van der Waals surface area contributed by atoms with Crippen LogP contribution in [0.5, 0.6) is 0 Å². The molecule has 0 aliphatic carbocycles. The fraction of sp³-hybridized carbons (Fsp3) is 0. The van der Waals surface area contributed by atoms with Gasteiger partial charge < -0.3 is 0 Å². The van der Waals surface area contributed by atoms with Crippen LogP contribution in [0.15, 0.2) is 182 Å². The van der Waals surface area contributed by atoms with Crippen LogP contribution < -0.4 is 0 Å². The summed E-state index contributed by atoms with van der Waals surface area (Å²) >= 11 is 0. The lowest BCUT2D eigenvalue weighted by Gasteiger charge is -2.20. The van der Waals surface area contributed by atoms with E-state index >= 15 is 0 Å². The Labute approximate surface area is 268 Å². The molecule has 0 N–H and O–H groups in total. The largest absolute Gasteiger partial charge is 0.0622 e. The standard InChI is InChI=1S/C46H30/c1-2-13-33(14-3-1)43-29-36-16-6-7-17-37(36)30-44(43)46-41-20-10-8-18-39(41)45(40-19-9-11-21-42(40)46)34-25-22-32(23-26-34)38-27-24-31-12-4-5-15-35(31)28-38/h1-30H. The van der Waals surface area contributed by atoms with E-state index in [4.69, 9.17) is 0 Å². The molecule has 0 spiro atoms. The SMILES string of the molecule is c1ccc(-c2cc3ccccc3cc2-c2c3ccccc3c(-c3ccc(-c4ccc5ccccc5c4)cc3)c3ccccc23)cc1. The van der Waals surface area contributed by atoms with Crippen LogP contribution in [-0.4, -0.2) is 0 Å². The normalized spacial score (nSPS) is 11.5. The highest BCUT2D eigenvalue weighted by molar-refractivity contribution is 6.23. The predicted molar refractivity (Wildman–Crippen MR) is 198 cm³/mol. The van der Waals surface area contributed by atoms with Gasteiger partial charge in [0.15, 0.2) is 0 Å². The molecule has 0 amide bonds. The molecule has 214 valence electrons. The molecule has 0 nitrogen and oxygen atoms in total. The van der Waals surface area contributed by atoms with Crippen molar-refractivity contribution in [2.75, 3.05) is 0 Å². The van der Waals surface area contributed by atoms with Gasteiger partial charge in [-0.3, -0.25) is 0 Å². The molecule has 46 heavy (non-hydrogen) atoms. The molecule has 0 aromatic heterocycles. The number of hydrogen-bond donors (Lipinski definition) is 0. The van der Waals surface area contributed by atoms with E-state index in [0.717, 1.165) is 0 Å². The molecule has 0 heterocycles. The summed E-state index contributed by atoms with van der Waals surface area (Å²) in [7, 11) is 0. The summed E-state index contributed by atoms with van der Waals surface area (Å²) in [6.45, 7) is 0. The highest BCUT2D eigenvalue weighted by atomic mass is 14.2. The molecule has 0 atom stereocenters. The zero-order chi connectivity index (χ0) is 30.5. The predicted octanol–water partition coefficient (Wildman–Crippen LogP) is 13.0. The smallest absolute Gasteiger partial charge is 0.00199 e. The minimum absolute atomic E-state index is 1.23. The Morgan fingerprint density at radius 3 is 1.26 bits per heavy atom. The highest BCUT2D eigenvalue weighted by Gasteiger charge is 2.19. The van der Waals surface area contributed by atoms with Crippen molar-refractivity contribution in [2.45, 2.75) is 0 Å². The first-order chi connectivity index (χ1) is 22.8. The maximum Gasteiger partial charge on any atom is -0.00199 e. The molecular weight excluding hydrogens is 553 g/mol. The highest BCUT2D eigenvalue weighted by Crippen LogP contribution is 2.47. The molecule has 0 heteroatoms. The molecule has 0 aliphatic rings. The van der Waals surface area contributed by atoms with Crippen molar-refractivity contribution in [1.82, 2.24) is 0 Å². The molecule has 0 bridgehead atoms. The van der Waals surface area contributed by atoms with Crippen molar-refractivity contribution in [3.8, 4) is 44.5 Å².